The van der Waals surface area contributed by atoms with Crippen LogP contribution in [0.1, 0.15) is 22.1 Å². The van der Waals surface area contributed by atoms with Gasteiger partial charge in [-0.1, -0.05) is 36.4 Å². The van der Waals surface area contributed by atoms with Gasteiger partial charge in [-0.2, -0.15) is 5.10 Å². The first-order valence-corrected chi connectivity index (χ1v) is 14.6. The van der Waals surface area contributed by atoms with Gasteiger partial charge in [-0.25, -0.2) is 9.07 Å². The van der Waals surface area contributed by atoms with E-state index in [1.807, 2.05) is 48.5 Å². The minimum Gasteiger partial charge on any atom is -0.467 e. The Morgan fingerprint density at radius 3 is 2.60 bits per heavy atom. The number of hydrogen-bond acceptors (Lipinski definition) is 7. The van der Waals surface area contributed by atoms with E-state index in [-0.39, 0.29) is 42.7 Å². The second kappa shape index (κ2) is 11.3. The zero-order valence-corrected chi connectivity index (χ0v) is 23.6. The molecule has 3 aromatic carbocycles. The number of ether oxygens (including phenoxy) is 2. The molecule has 2 aromatic heterocycles. The molecule has 216 valence electrons. The van der Waals surface area contributed by atoms with Crippen LogP contribution in [-0.2, 0) is 16.1 Å². The van der Waals surface area contributed by atoms with Crippen LogP contribution < -0.4 is 19.7 Å². The van der Waals surface area contributed by atoms with E-state index in [4.69, 9.17) is 19.0 Å². The summed E-state index contributed by atoms with van der Waals surface area (Å²) in [6.45, 7) is 0.0723. The van der Waals surface area contributed by atoms with Crippen LogP contribution in [0.5, 0.6) is 11.5 Å². The Kier molecular flexibility index (Phi) is 7.07. The van der Waals surface area contributed by atoms with Gasteiger partial charge >= 0.3 is 0 Å². The van der Waals surface area contributed by atoms with Crippen molar-refractivity contribution in [1.29, 1.82) is 0 Å². The van der Waals surface area contributed by atoms with Crippen molar-refractivity contribution in [1.82, 2.24) is 15.1 Å². The summed E-state index contributed by atoms with van der Waals surface area (Å²) in [6.07, 6.45) is 1.53. The van der Waals surface area contributed by atoms with Gasteiger partial charge in [0.1, 0.15) is 23.9 Å². The highest BCUT2D eigenvalue weighted by atomic mass is 32.2. The van der Waals surface area contributed by atoms with Gasteiger partial charge in [0, 0.05) is 11.1 Å². The monoisotopic (exact) mass is 596 g/mol. The maximum absolute atomic E-state index is 14.0. The second-order valence-corrected chi connectivity index (χ2v) is 11.1. The third kappa shape index (κ3) is 5.23. The highest BCUT2D eigenvalue weighted by Crippen LogP contribution is 2.50. The lowest BCUT2D eigenvalue weighted by Crippen LogP contribution is -2.42. The number of hydrogen-bond donors (Lipinski definition) is 1. The van der Waals surface area contributed by atoms with Crippen LogP contribution in [-0.4, -0.2) is 40.7 Å². The number of fused-ring (bicyclic) bond motifs is 2. The fourth-order valence-electron chi connectivity index (χ4n) is 5.23. The van der Waals surface area contributed by atoms with Crippen LogP contribution in [0.2, 0.25) is 0 Å². The van der Waals surface area contributed by atoms with Gasteiger partial charge in [-0.05, 0) is 54.1 Å². The molecule has 11 heteroatoms. The molecule has 0 saturated heterocycles. The lowest BCUT2D eigenvalue weighted by atomic mass is 9.99. The number of nitrogens with one attached hydrogen (secondary N) is 1. The molecule has 4 heterocycles. The number of carbonyl (C=O) groups is 2. The lowest BCUT2D eigenvalue weighted by molar-refractivity contribution is -0.123. The normalized spacial score (nSPS) is 15.7. The van der Waals surface area contributed by atoms with Crippen LogP contribution >= 0.6 is 11.8 Å². The molecule has 5 aromatic rings. The van der Waals surface area contributed by atoms with E-state index in [1.54, 1.807) is 28.9 Å². The second-order valence-electron chi connectivity index (χ2n) is 9.98. The van der Waals surface area contributed by atoms with Crippen LogP contribution in [0, 0.1) is 5.82 Å². The molecular weight excluding hydrogens is 571 g/mol. The quantitative estimate of drug-likeness (QED) is 0.266. The first-order valence-electron chi connectivity index (χ1n) is 13.6. The first kappa shape index (κ1) is 26.8. The number of aromatic nitrogens is 2. The summed E-state index contributed by atoms with van der Waals surface area (Å²) in [5.41, 5.74) is 3.67. The number of benzene rings is 3. The predicted molar refractivity (Wildman–Crippen MR) is 159 cm³/mol. The van der Waals surface area contributed by atoms with E-state index in [0.717, 1.165) is 16.7 Å². The van der Waals surface area contributed by atoms with E-state index >= 15 is 0 Å². The zero-order valence-electron chi connectivity index (χ0n) is 22.7. The Morgan fingerprint density at radius 1 is 1.00 bits per heavy atom. The molecular formula is C32H25FN4O5S. The molecule has 1 atom stereocenters. The van der Waals surface area contributed by atoms with Crippen molar-refractivity contribution < 1.29 is 27.9 Å². The van der Waals surface area contributed by atoms with Crippen molar-refractivity contribution in [3.8, 4) is 28.4 Å². The minimum atomic E-state index is -0.399. The molecule has 2 amide bonds. The molecule has 43 heavy (non-hydrogen) atoms. The van der Waals surface area contributed by atoms with Crippen molar-refractivity contribution in [2.75, 3.05) is 24.0 Å². The lowest BCUT2D eigenvalue weighted by Gasteiger charge is -2.23. The van der Waals surface area contributed by atoms with Gasteiger partial charge in [-0.3, -0.25) is 14.5 Å². The van der Waals surface area contributed by atoms with E-state index in [9.17, 15) is 14.0 Å². The molecule has 2 aliphatic rings. The Labute approximate surface area is 250 Å². The van der Waals surface area contributed by atoms with Crippen LogP contribution in [0.15, 0.2) is 95.6 Å². The number of carbonyl (C=O) groups excluding carboxylic acids is 2. The molecule has 2 aliphatic heterocycles. The summed E-state index contributed by atoms with van der Waals surface area (Å²) in [5, 5.41) is 7.50. The van der Waals surface area contributed by atoms with Gasteiger partial charge in [0.25, 0.3) is 0 Å². The Morgan fingerprint density at radius 2 is 1.81 bits per heavy atom. The summed E-state index contributed by atoms with van der Waals surface area (Å²) in [5.74, 6) is 1.39. The smallest absolute Gasteiger partial charge is 0.240 e. The van der Waals surface area contributed by atoms with E-state index < -0.39 is 5.82 Å². The fourth-order valence-corrected chi connectivity index (χ4v) is 6.42. The topological polar surface area (TPSA) is 98.8 Å². The third-order valence-electron chi connectivity index (χ3n) is 7.25. The maximum atomic E-state index is 14.0. The summed E-state index contributed by atoms with van der Waals surface area (Å²) in [6, 6.07) is 24.8. The molecule has 0 aliphatic carbocycles. The molecule has 0 spiro atoms. The van der Waals surface area contributed by atoms with Gasteiger partial charge in [0.2, 0.25) is 18.6 Å². The summed E-state index contributed by atoms with van der Waals surface area (Å²) >= 11 is 1.45. The first-order chi connectivity index (χ1) is 21.0. The number of anilines is 1. The molecule has 1 unspecified atom stereocenters. The van der Waals surface area contributed by atoms with Crippen molar-refractivity contribution in [2.24, 2.45) is 0 Å². The third-order valence-corrected chi connectivity index (χ3v) is 8.50. The van der Waals surface area contributed by atoms with Gasteiger partial charge in [-0.15, -0.1) is 11.8 Å². The van der Waals surface area contributed by atoms with E-state index in [1.165, 1.54) is 35.1 Å². The van der Waals surface area contributed by atoms with Gasteiger partial charge in [0.05, 0.1) is 35.2 Å². The van der Waals surface area contributed by atoms with Crippen LogP contribution in [0.4, 0.5) is 10.2 Å². The number of rotatable bonds is 7. The van der Waals surface area contributed by atoms with E-state index in [2.05, 4.69) is 5.32 Å². The summed E-state index contributed by atoms with van der Waals surface area (Å²) < 4.78 is 32.2. The van der Waals surface area contributed by atoms with Gasteiger partial charge in [0.15, 0.2) is 11.5 Å². The van der Waals surface area contributed by atoms with Crippen molar-refractivity contribution >= 4 is 29.4 Å². The molecule has 9 nitrogen and oxygen atoms in total. The Bertz CT molecular complexity index is 1790. The minimum absolute atomic E-state index is 0.108. The van der Waals surface area contributed by atoms with E-state index in [0.29, 0.717) is 34.5 Å². The highest BCUT2D eigenvalue weighted by molar-refractivity contribution is 8.00. The SMILES string of the molecule is O=C(CN1C(=O)CSC(c2ccc3c(c2)OCO3)c2c(-c3ccccc3)nn(-c3ccc(F)cc3)c21)NCc1ccco1. The van der Waals surface area contributed by atoms with Crippen LogP contribution in [0.25, 0.3) is 16.9 Å². The summed E-state index contributed by atoms with van der Waals surface area (Å²) in [7, 11) is 0. The number of nitrogens with zero attached hydrogens (tertiary/aromatic N) is 3. The van der Waals surface area contributed by atoms with Crippen molar-refractivity contribution in [3.63, 3.8) is 0 Å². The van der Waals surface area contributed by atoms with Crippen molar-refractivity contribution in [2.45, 2.75) is 11.8 Å². The molecule has 0 fully saturated rings. The summed E-state index contributed by atoms with van der Waals surface area (Å²) in [4.78, 5) is 28.6. The zero-order chi connectivity index (χ0) is 29.3. The largest absolute Gasteiger partial charge is 0.467 e. The number of furan rings is 1. The Balaban J connectivity index is 1.40. The molecule has 0 saturated carbocycles. The molecule has 0 radical (unpaired) electrons. The van der Waals surface area contributed by atoms with Crippen LogP contribution in [0.3, 0.4) is 0 Å². The molecule has 1 N–H and O–H groups in total. The molecule has 0 bridgehead atoms. The average molecular weight is 597 g/mol. The maximum Gasteiger partial charge on any atom is 0.240 e. The standard InChI is InChI=1S/C32H25FN4O5S/c33-22-9-11-23(12-10-22)37-32-29(30(35-37)20-5-2-1-3-6-20)31(21-8-13-25-26(15-21)42-19-41-25)43-18-28(39)36(32)17-27(38)34-16-24-7-4-14-40-24/h1-15,31H,16-19H2,(H,34,38). The number of amides is 2. The number of thioether (sulfide) groups is 1. The predicted octanol–water partition coefficient (Wildman–Crippen LogP) is 5.49. The van der Waals surface area contributed by atoms with Gasteiger partial charge < -0.3 is 19.2 Å². The highest BCUT2D eigenvalue weighted by Gasteiger charge is 2.38. The number of halogens is 1. The Hall–Kier alpha value is -5.03. The fraction of sp³-hybridized carbons (Fsp3) is 0.156. The molecule has 7 rings (SSSR count). The van der Waals surface area contributed by atoms with Crippen molar-refractivity contribution in [3.05, 3.63) is 114 Å². The average Bonchev–Trinajstić information content (AvgIpc) is 3.79.